The third-order valence-corrected chi connectivity index (χ3v) is 11.4. The number of phenolic OH excluding ortho intramolecular Hbond substituents is 2. The van der Waals surface area contributed by atoms with E-state index in [2.05, 4.69) is 57.7 Å². The number of aromatic hydroxyl groups is 2. The van der Waals surface area contributed by atoms with Gasteiger partial charge in [0.2, 0.25) is 5.24 Å². The van der Waals surface area contributed by atoms with Gasteiger partial charge < -0.3 is 103 Å². The van der Waals surface area contributed by atoms with E-state index in [1.54, 1.807) is 126 Å². The Kier molecular flexibility index (Phi) is 51.0. The van der Waals surface area contributed by atoms with E-state index in [0.717, 1.165) is 22.3 Å². The summed E-state index contributed by atoms with van der Waals surface area (Å²) < 4.78 is 35.6. The van der Waals surface area contributed by atoms with Crippen LogP contribution in [0.1, 0.15) is 76.3 Å². The van der Waals surface area contributed by atoms with E-state index in [9.17, 15) is 38.4 Å². The maximum Gasteiger partial charge on any atom is 1.00 e. The first-order valence-electron chi connectivity index (χ1n) is 29.8. The molecule has 0 bridgehead atoms. The molecule has 30 heteroatoms. The molecule has 0 saturated heterocycles. The van der Waals surface area contributed by atoms with Gasteiger partial charge in [-0.05, 0) is 161 Å². The van der Waals surface area contributed by atoms with Crippen LogP contribution in [0.4, 0.5) is 9.59 Å². The van der Waals surface area contributed by atoms with Crippen LogP contribution in [-0.2, 0) is 79.8 Å². The molecule has 102 heavy (non-hydrogen) atoms. The van der Waals surface area contributed by atoms with E-state index in [1.807, 2.05) is 17.7 Å². The van der Waals surface area contributed by atoms with Crippen molar-refractivity contribution in [2.75, 3.05) is 33.0 Å². The van der Waals surface area contributed by atoms with Crippen LogP contribution < -0.4 is 77.4 Å². The van der Waals surface area contributed by atoms with Crippen LogP contribution in [0, 0.1) is 61.7 Å². The van der Waals surface area contributed by atoms with Gasteiger partial charge in [-0.15, -0.1) is 32.1 Å². The average molecular weight is 1440 g/mol. The van der Waals surface area contributed by atoms with E-state index in [1.165, 1.54) is 31.2 Å². The number of rotatable bonds is 25. The predicted octanol–water partition coefficient (Wildman–Crippen LogP) is 3.37. The van der Waals surface area contributed by atoms with Crippen molar-refractivity contribution in [2.24, 2.45) is 23.0 Å². The number of phenols is 2. The number of carboxylic acid groups (broad SMARTS) is 3. The number of ether oxygens (including phenoxy) is 7. The van der Waals surface area contributed by atoms with Crippen LogP contribution >= 0.6 is 11.6 Å². The zero-order valence-corrected chi connectivity index (χ0v) is 60.6. The van der Waals surface area contributed by atoms with Gasteiger partial charge in [-0.1, -0.05) is 90.3 Å². The van der Waals surface area contributed by atoms with E-state index in [-0.39, 0.29) is 98.6 Å². The third-order valence-electron chi connectivity index (χ3n) is 11.4. The number of halogens is 1. The topological polar surface area (TPSA) is 465 Å². The summed E-state index contributed by atoms with van der Waals surface area (Å²) in [5.74, 6) is 13.4. The quantitative estimate of drug-likeness (QED) is 0.00758. The number of carbonyl (C=O) groups is 8. The van der Waals surface area contributed by atoms with Crippen LogP contribution in [0.2, 0.25) is 0 Å². The largest absolute Gasteiger partial charge is 1.00 e. The Morgan fingerprint density at radius 3 is 0.961 bits per heavy atom. The fourth-order valence-corrected chi connectivity index (χ4v) is 7.02. The molecule has 0 aromatic heterocycles. The molecule has 5 aromatic carbocycles. The average Bonchev–Trinajstić information content (AvgIpc) is 0.896. The summed E-state index contributed by atoms with van der Waals surface area (Å²) in [5.41, 5.74) is 21.1. The molecule has 0 heterocycles. The summed E-state index contributed by atoms with van der Waals surface area (Å²) in [5, 5.41) is 55.8. The second-order valence-corrected chi connectivity index (χ2v) is 22.7. The number of carboxylic acids is 3. The van der Waals surface area contributed by atoms with Crippen molar-refractivity contribution in [1.29, 1.82) is 0 Å². The summed E-state index contributed by atoms with van der Waals surface area (Å²) in [4.78, 5) is 88.5. The summed E-state index contributed by atoms with van der Waals surface area (Å²) in [6.07, 6.45) is 25.1. The van der Waals surface area contributed by atoms with E-state index < -0.39 is 83.4 Å². The van der Waals surface area contributed by atoms with Crippen LogP contribution in [0.3, 0.4) is 0 Å². The molecule has 5 atom stereocenters. The summed E-state index contributed by atoms with van der Waals surface area (Å²) in [6.45, 7) is 11.9. The Bertz CT molecular complexity index is 3530. The Labute approximate surface area is 621 Å². The van der Waals surface area contributed by atoms with E-state index in [0.29, 0.717) is 35.7 Å². The van der Waals surface area contributed by atoms with Crippen molar-refractivity contribution in [1.82, 2.24) is 10.6 Å². The maximum absolute atomic E-state index is 12.2. The zero-order valence-electron chi connectivity index (χ0n) is 57.8. The monoisotopic (exact) mass is 1440 g/mol. The molecule has 28 nitrogen and oxygen atoms in total. The molecule has 0 saturated carbocycles. The normalized spacial score (nSPS) is 11.2. The number of amides is 2. The van der Waals surface area contributed by atoms with Gasteiger partial charge in [-0.2, -0.15) is 0 Å². The molecule has 544 valence electrons. The van der Waals surface area contributed by atoms with Crippen molar-refractivity contribution in [3.63, 3.8) is 0 Å². The molecule has 0 aliphatic rings. The van der Waals surface area contributed by atoms with Gasteiger partial charge in [-0.3, -0.25) is 19.2 Å². The number of carbonyl (C=O) groups excluding carboxylic acids is 5. The molecule has 0 aliphatic heterocycles. The molecule has 16 N–H and O–H groups in total. The predicted molar refractivity (Wildman–Crippen MR) is 376 cm³/mol. The van der Waals surface area contributed by atoms with Crippen molar-refractivity contribution in [3.05, 3.63) is 155 Å². The minimum Gasteiger partial charge on any atom is -0.508 e. The number of nitrogens with one attached hydrogen (secondary N) is 2. The Hall–Kier alpha value is -10.5. The molecular formula is C72H87ClN7NaO21. The fourth-order valence-electron chi connectivity index (χ4n) is 7.02. The van der Waals surface area contributed by atoms with Crippen molar-refractivity contribution < 1.29 is 132 Å². The molecule has 0 unspecified atom stereocenters. The minimum atomic E-state index is -1.15. The number of esters is 2. The first-order valence-corrected chi connectivity index (χ1v) is 30.2. The standard InChI is InChI=1S/C20H23NO5.C15H15NO3.C14H19NO5.C12H13NO3.C9H11NO3.C2H3ClO.H3N2O.Na/c1-6-12-24-16-10-8-15(9-11-16)14-17(18(22)25-13-7-2)21-19(23)26-20(3,4)5;1-3-9-18-13-7-5-12(6-8-13)11-14(16)15(17)19-10-4-2;1-14(2,3)20-13(19)15-11(12(17)18)8-9-4-6-10(16)7-5-9;1-2-7-16-10-5-3-9(4-6-10)8-11(13)12(14)15;10-8(9(12)13)5-6-1-3-7(11)4-2-6;1-2(3)4;1-2-3;/h1-2,8-11,17H,12-14H2,3-5H3,(H,21,23);1-2,5-8,14H,9-11,16H2;4-7,11,16H,8H2,1-3H3,(H,15,19)(H,17,18);1,3-6,11H,7-8,13H2,(H,14,15);1-4,8,11H,5,10H2,(H,12,13);1H3;3H,1H2;/q;;;;;;-1;+1/t17-;14-;2*11-;8-;;;/m00000.../s1. The van der Waals surface area contributed by atoms with E-state index in [4.69, 9.17) is 113 Å². The van der Waals surface area contributed by atoms with Gasteiger partial charge in [0, 0.05) is 19.8 Å². The Morgan fingerprint density at radius 1 is 0.451 bits per heavy atom. The summed E-state index contributed by atoms with van der Waals surface area (Å²) in [7, 11) is 0. The van der Waals surface area contributed by atoms with Crippen LogP contribution in [0.15, 0.2) is 121 Å². The van der Waals surface area contributed by atoms with Crippen molar-refractivity contribution in [3.8, 4) is 90.5 Å². The third kappa shape index (κ3) is 50.8. The minimum absolute atomic E-state index is 0. The number of terminal acetylenes is 5. The molecule has 0 radical (unpaired) electrons. The van der Waals surface area contributed by atoms with Gasteiger partial charge in [0.05, 0.1) is 0 Å². The van der Waals surface area contributed by atoms with Crippen molar-refractivity contribution in [2.45, 2.75) is 122 Å². The number of hydrogen-bond donors (Lipinski definition) is 12. The molecule has 0 aliphatic carbocycles. The number of nitrogens with two attached hydrogens (primary N) is 4. The number of nitrogens with zero attached hydrogens (tertiary/aromatic N) is 1. The molecule has 0 spiro atoms. The second-order valence-electron chi connectivity index (χ2n) is 22.2. The Balaban J connectivity index is -0.00000119. The number of benzene rings is 5. The first-order chi connectivity index (χ1) is 47.5. The number of alkyl carbamates (subject to hydrolysis) is 2. The van der Waals surface area contributed by atoms with E-state index >= 15 is 0 Å². The van der Waals surface area contributed by atoms with Gasteiger partial charge in [-0.25, -0.2) is 19.2 Å². The molecule has 0 fully saturated rings. The van der Waals surface area contributed by atoms with Gasteiger partial charge in [0.15, 0.2) is 13.2 Å². The van der Waals surface area contributed by atoms with Gasteiger partial charge in [0.25, 0.3) is 0 Å². The summed E-state index contributed by atoms with van der Waals surface area (Å²) >= 11 is 4.64. The SMILES string of the molecule is C#CCOC(=O)[C@@H](N)Cc1ccc(OCC#C)cc1.C#CCOC(=O)[C@H](Cc1ccc(OCC#C)cc1)NC(=O)OC(C)(C)C.C#CCOc1ccc(C[C@H](N)C(=O)O)cc1.CC(=O)Cl.CC(C)(C)OC(=O)N[C@@H](Cc1ccc(O)cc1)C(=O)O.N[C@@H](Cc1ccc(O)cc1)C(=O)O.N[N-]O.[Na+]. The fraction of sp³-hybridized carbons (Fsp3) is 0.333. The molecule has 2 amide bonds. The number of hydrogen-bond acceptors (Lipinski definition) is 22. The molecule has 5 aromatic rings. The second kappa shape index (κ2) is 54.4. The molecule has 5 rings (SSSR count). The zero-order chi connectivity index (χ0) is 77.1. The number of aliphatic carboxylic acids is 3. The smallest absolute Gasteiger partial charge is 0.508 e. The first kappa shape index (κ1) is 95.7. The van der Waals surface area contributed by atoms with Crippen LogP contribution in [-0.4, -0.2) is 152 Å². The Morgan fingerprint density at radius 2 is 0.696 bits per heavy atom. The maximum atomic E-state index is 12.2. The van der Waals surface area contributed by atoms with Crippen LogP contribution in [0.5, 0.6) is 28.7 Å². The molecular weight excluding hydrogens is 1360 g/mol. The van der Waals surface area contributed by atoms with Crippen molar-refractivity contribution >= 4 is 58.9 Å². The summed E-state index contributed by atoms with van der Waals surface area (Å²) in [6, 6.07) is 29.1. The van der Waals surface area contributed by atoms with Gasteiger partial charge >= 0.3 is 71.6 Å². The van der Waals surface area contributed by atoms with Gasteiger partial charge in [0.1, 0.15) is 90.0 Å². The van der Waals surface area contributed by atoms with Crippen LogP contribution in [0.25, 0.3) is 5.59 Å².